The predicted octanol–water partition coefficient (Wildman–Crippen LogP) is 2.85. The number of amides is 1. The molecule has 1 saturated heterocycles. The first-order valence-electron chi connectivity index (χ1n) is 9.40. The molecule has 0 spiro atoms. The smallest absolute Gasteiger partial charge is 0.248 e. The topological polar surface area (TPSA) is 59.0 Å². The quantitative estimate of drug-likeness (QED) is 0.848. The zero-order valence-corrected chi connectivity index (χ0v) is 15.6. The van der Waals surface area contributed by atoms with E-state index in [9.17, 15) is 4.79 Å². The molecular weight excluding hydrogens is 348 g/mol. The molecule has 2 aliphatic rings. The van der Waals surface area contributed by atoms with Crippen molar-refractivity contribution in [3.8, 4) is 0 Å². The van der Waals surface area contributed by atoms with Gasteiger partial charge in [0.05, 0.1) is 0 Å². The van der Waals surface area contributed by atoms with E-state index in [1.54, 1.807) is 6.20 Å². The molecule has 0 atom stereocenters. The minimum absolute atomic E-state index is 0.0402. The molecule has 1 aromatic carbocycles. The third kappa shape index (κ3) is 3.03. The molecule has 4 rings (SSSR count). The fourth-order valence-corrected chi connectivity index (χ4v) is 4.44. The summed E-state index contributed by atoms with van der Waals surface area (Å²) in [4.78, 5) is 13.3. The Morgan fingerprint density at radius 3 is 2.50 bits per heavy atom. The normalized spacial score (nSPS) is 21.0. The van der Waals surface area contributed by atoms with Gasteiger partial charge in [0, 0.05) is 29.4 Å². The average molecular weight is 373 g/mol. The van der Waals surface area contributed by atoms with E-state index in [2.05, 4.69) is 27.9 Å². The van der Waals surface area contributed by atoms with Gasteiger partial charge in [0.2, 0.25) is 5.91 Å². The van der Waals surface area contributed by atoms with Crippen molar-refractivity contribution in [2.75, 3.05) is 19.6 Å². The molecule has 2 aromatic rings. The van der Waals surface area contributed by atoms with Crippen LogP contribution in [0.5, 0.6) is 0 Å². The van der Waals surface area contributed by atoms with Crippen LogP contribution in [0.2, 0.25) is 5.02 Å². The number of benzene rings is 1. The summed E-state index contributed by atoms with van der Waals surface area (Å²) in [5, 5.41) is 11.8. The van der Waals surface area contributed by atoms with Crippen LogP contribution in [0.15, 0.2) is 42.7 Å². The lowest BCUT2D eigenvalue weighted by molar-refractivity contribution is -0.132. The van der Waals surface area contributed by atoms with Crippen molar-refractivity contribution in [3.63, 3.8) is 0 Å². The Morgan fingerprint density at radius 2 is 1.92 bits per heavy atom. The summed E-state index contributed by atoms with van der Waals surface area (Å²) < 4.78 is 1.85. The van der Waals surface area contributed by atoms with E-state index in [0.717, 1.165) is 43.8 Å². The lowest BCUT2D eigenvalue weighted by Crippen LogP contribution is -2.57. The van der Waals surface area contributed by atoms with E-state index < -0.39 is 5.54 Å². The summed E-state index contributed by atoms with van der Waals surface area (Å²) in [7, 11) is 0. The van der Waals surface area contributed by atoms with Crippen molar-refractivity contribution in [3.05, 3.63) is 53.3 Å². The Morgan fingerprint density at radius 1 is 1.19 bits per heavy atom. The third-order valence-electron chi connectivity index (χ3n) is 6.15. The molecule has 0 bridgehead atoms. The second-order valence-corrected chi connectivity index (χ2v) is 7.99. The van der Waals surface area contributed by atoms with E-state index >= 15 is 0 Å². The number of carbonyl (C=O) groups is 1. The van der Waals surface area contributed by atoms with E-state index in [4.69, 9.17) is 11.6 Å². The Bertz CT molecular complexity index is 747. The van der Waals surface area contributed by atoms with Crippen LogP contribution in [0.1, 0.15) is 37.7 Å². The Balaban J connectivity index is 1.52. The van der Waals surface area contributed by atoms with Crippen LogP contribution in [-0.4, -0.2) is 35.3 Å². The standard InChI is InChI=1S/C20H25ClN4O/c21-17-5-3-16(4-6-17)19(7-1-8-19)15-23-18(26)20(9-12-22-13-10-20)25-14-2-11-24-25/h2-6,11,14,22H,1,7-10,12-13,15H2,(H,23,26). The largest absolute Gasteiger partial charge is 0.353 e. The Hall–Kier alpha value is -1.85. The number of carbonyl (C=O) groups excluding carboxylic acids is 1. The van der Waals surface area contributed by atoms with Crippen molar-refractivity contribution in [1.29, 1.82) is 0 Å². The monoisotopic (exact) mass is 372 g/mol. The van der Waals surface area contributed by atoms with Gasteiger partial charge in [0.25, 0.3) is 0 Å². The number of nitrogens with zero attached hydrogens (tertiary/aromatic N) is 2. The first-order valence-corrected chi connectivity index (χ1v) is 9.78. The van der Waals surface area contributed by atoms with Crippen LogP contribution >= 0.6 is 11.6 Å². The molecule has 6 heteroatoms. The summed E-state index contributed by atoms with van der Waals surface area (Å²) in [6, 6.07) is 9.97. The van der Waals surface area contributed by atoms with Crippen LogP contribution in [0.4, 0.5) is 0 Å². The van der Waals surface area contributed by atoms with Gasteiger partial charge in [-0.2, -0.15) is 5.10 Å². The molecule has 2 fully saturated rings. The van der Waals surface area contributed by atoms with E-state index in [-0.39, 0.29) is 11.3 Å². The molecule has 2 heterocycles. The van der Waals surface area contributed by atoms with Gasteiger partial charge in [-0.1, -0.05) is 30.2 Å². The number of piperidine rings is 1. The first kappa shape index (κ1) is 17.6. The maximum atomic E-state index is 13.3. The summed E-state index contributed by atoms with van der Waals surface area (Å²) >= 11 is 6.04. The molecule has 26 heavy (non-hydrogen) atoms. The second-order valence-electron chi connectivity index (χ2n) is 7.56. The molecule has 0 radical (unpaired) electrons. The molecule has 138 valence electrons. The predicted molar refractivity (Wildman–Crippen MR) is 102 cm³/mol. The van der Waals surface area contributed by atoms with Gasteiger partial charge in [-0.25, -0.2) is 0 Å². The highest BCUT2D eigenvalue weighted by Crippen LogP contribution is 2.43. The van der Waals surface area contributed by atoms with Crippen LogP contribution < -0.4 is 10.6 Å². The molecule has 5 nitrogen and oxygen atoms in total. The highest BCUT2D eigenvalue weighted by atomic mass is 35.5. The van der Waals surface area contributed by atoms with E-state index in [0.29, 0.717) is 6.54 Å². The van der Waals surface area contributed by atoms with Crippen molar-refractivity contribution < 1.29 is 4.79 Å². The van der Waals surface area contributed by atoms with Gasteiger partial charge in [-0.3, -0.25) is 9.48 Å². The van der Waals surface area contributed by atoms with Crippen molar-refractivity contribution in [2.24, 2.45) is 0 Å². The number of rotatable bonds is 5. The summed E-state index contributed by atoms with van der Waals surface area (Å²) in [5.41, 5.74) is 0.727. The number of halogens is 1. The zero-order valence-electron chi connectivity index (χ0n) is 14.9. The highest BCUT2D eigenvalue weighted by molar-refractivity contribution is 6.30. The summed E-state index contributed by atoms with van der Waals surface area (Å²) in [6.07, 6.45) is 8.58. The third-order valence-corrected chi connectivity index (χ3v) is 6.40. The lowest BCUT2D eigenvalue weighted by Gasteiger charge is -2.44. The second kappa shape index (κ2) is 7.05. The van der Waals surface area contributed by atoms with Crippen molar-refractivity contribution in [1.82, 2.24) is 20.4 Å². The van der Waals surface area contributed by atoms with Gasteiger partial charge < -0.3 is 10.6 Å². The minimum Gasteiger partial charge on any atom is -0.353 e. The van der Waals surface area contributed by atoms with Crippen molar-refractivity contribution in [2.45, 2.75) is 43.1 Å². The van der Waals surface area contributed by atoms with Crippen molar-refractivity contribution >= 4 is 17.5 Å². The molecule has 1 aliphatic heterocycles. The maximum Gasteiger partial charge on any atom is 0.248 e. The molecule has 1 aromatic heterocycles. The number of hydrogen-bond donors (Lipinski definition) is 2. The van der Waals surface area contributed by atoms with E-state index in [1.807, 2.05) is 29.1 Å². The highest BCUT2D eigenvalue weighted by Gasteiger charge is 2.44. The number of aromatic nitrogens is 2. The fourth-order valence-electron chi connectivity index (χ4n) is 4.31. The van der Waals surface area contributed by atoms with Gasteiger partial charge in [-0.15, -0.1) is 0 Å². The average Bonchev–Trinajstić information content (AvgIpc) is 3.18. The van der Waals surface area contributed by atoms with E-state index in [1.165, 1.54) is 12.0 Å². The van der Waals surface area contributed by atoms with Crippen LogP contribution in [-0.2, 0) is 15.7 Å². The maximum absolute atomic E-state index is 13.3. The van der Waals surface area contributed by atoms with Crippen LogP contribution in [0.3, 0.4) is 0 Å². The molecule has 1 amide bonds. The molecular formula is C20H25ClN4O. The number of hydrogen-bond acceptors (Lipinski definition) is 3. The number of nitrogens with one attached hydrogen (secondary N) is 2. The molecule has 0 unspecified atom stereocenters. The lowest BCUT2D eigenvalue weighted by atomic mass is 9.64. The SMILES string of the molecule is O=C(NCC1(c2ccc(Cl)cc2)CCC1)C1(n2cccn2)CCNCC1. The van der Waals surface area contributed by atoms with Gasteiger partial charge in [-0.05, 0) is 62.5 Å². The fraction of sp³-hybridized carbons (Fsp3) is 0.500. The summed E-state index contributed by atoms with van der Waals surface area (Å²) in [6.45, 7) is 2.33. The first-order chi connectivity index (χ1) is 12.6. The molecule has 1 saturated carbocycles. The Labute approximate surface area is 159 Å². The minimum atomic E-state index is -0.584. The van der Waals surface area contributed by atoms with Gasteiger partial charge in [0.15, 0.2) is 0 Å². The summed E-state index contributed by atoms with van der Waals surface area (Å²) in [5.74, 6) is 0.0861. The molecule has 1 aliphatic carbocycles. The Kier molecular flexibility index (Phi) is 4.76. The van der Waals surface area contributed by atoms with Crippen LogP contribution in [0, 0.1) is 0 Å². The molecule has 2 N–H and O–H groups in total. The zero-order chi connectivity index (χ0) is 18.0. The van der Waals surface area contributed by atoms with Gasteiger partial charge in [0.1, 0.15) is 5.54 Å². The van der Waals surface area contributed by atoms with Gasteiger partial charge >= 0.3 is 0 Å². The van der Waals surface area contributed by atoms with Crippen LogP contribution in [0.25, 0.3) is 0 Å².